The average Bonchev–Trinajstić information content (AvgIpc) is 3.01. The van der Waals surface area contributed by atoms with Crippen LogP contribution in [0.5, 0.6) is 0 Å². The Morgan fingerprint density at radius 2 is 2.12 bits per heavy atom. The highest BCUT2D eigenvalue weighted by Gasteiger charge is 2.33. The molecule has 0 aliphatic carbocycles. The number of carbonyl (C=O) groups is 1. The van der Waals surface area contributed by atoms with Gasteiger partial charge in [0.05, 0.1) is 6.20 Å². The number of aryl methyl sites for hydroxylation is 1. The molecule has 25 heavy (non-hydrogen) atoms. The van der Waals surface area contributed by atoms with E-state index in [2.05, 4.69) is 15.6 Å². The summed E-state index contributed by atoms with van der Waals surface area (Å²) >= 11 is 0. The predicted octanol–water partition coefficient (Wildman–Crippen LogP) is 0.467. The van der Waals surface area contributed by atoms with Gasteiger partial charge in [0.25, 0.3) is 16.1 Å². The van der Waals surface area contributed by atoms with E-state index in [9.17, 15) is 13.2 Å². The maximum absolute atomic E-state index is 12.5. The molecule has 1 aromatic heterocycles. The topological polar surface area (TPSA) is 100 Å². The fourth-order valence-electron chi connectivity index (χ4n) is 2.91. The van der Waals surface area contributed by atoms with Crippen LogP contribution in [0, 0.1) is 0 Å². The molecule has 142 valence electrons. The third kappa shape index (κ3) is 4.99. The van der Waals surface area contributed by atoms with Crippen molar-refractivity contribution in [2.24, 2.45) is 0 Å². The van der Waals surface area contributed by atoms with Gasteiger partial charge in [-0.1, -0.05) is 11.6 Å². The zero-order valence-electron chi connectivity index (χ0n) is 15.3. The molecular formula is C15H28N6O3S. The molecule has 0 bridgehead atoms. The van der Waals surface area contributed by atoms with Crippen molar-refractivity contribution in [1.29, 1.82) is 0 Å². The first kappa shape index (κ1) is 19.8. The Balaban J connectivity index is 2.00. The van der Waals surface area contributed by atoms with Crippen LogP contribution in [0.1, 0.15) is 50.0 Å². The maximum Gasteiger partial charge on any atom is 0.281 e. The van der Waals surface area contributed by atoms with E-state index in [1.54, 1.807) is 29.3 Å². The van der Waals surface area contributed by atoms with Crippen LogP contribution in [0.2, 0.25) is 0 Å². The fourth-order valence-corrected chi connectivity index (χ4v) is 4.27. The van der Waals surface area contributed by atoms with E-state index < -0.39 is 10.2 Å². The Hall–Kier alpha value is -1.52. The van der Waals surface area contributed by atoms with Gasteiger partial charge < -0.3 is 5.32 Å². The highest BCUT2D eigenvalue weighted by molar-refractivity contribution is 7.86. The van der Waals surface area contributed by atoms with Gasteiger partial charge in [-0.25, -0.2) is 0 Å². The van der Waals surface area contributed by atoms with Crippen LogP contribution in [0.25, 0.3) is 0 Å². The molecule has 1 aliphatic rings. The molecule has 10 heteroatoms. The summed E-state index contributed by atoms with van der Waals surface area (Å²) in [5, 5.41) is 10.6. The van der Waals surface area contributed by atoms with E-state index in [1.807, 2.05) is 13.8 Å². The Morgan fingerprint density at radius 1 is 1.40 bits per heavy atom. The van der Waals surface area contributed by atoms with Gasteiger partial charge in [-0.3, -0.25) is 9.48 Å². The number of rotatable bonds is 7. The number of aromatic nitrogens is 3. The summed E-state index contributed by atoms with van der Waals surface area (Å²) in [5.41, 5.74) is 0.273. The van der Waals surface area contributed by atoms with E-state index in [0.717, 1.165) is 19.3 Å². The Bertz CT molecular complexity index is 685. The molecule has 1 atom stereocenters. The molecule has 1 aliphatic heterocycles. The lowest BCUT2D eigenvalue weighted by atomic mass is 10.0. The first-order valence-electron chi connectivity index (χ1n) is 8.62. The van der Waals surface area contributed by atoms with Crippen molar-refractivity contribution in [3.63, 3.8) is 0 Å². The van der Waals surface area contributed by atoms with Gasteiger partial charge in [-0.15, -0.1) is 5.10 Å². The zero-order chi connectivity index (χ0) is 18.6. The standard InChI is InChI=1S/C15H28N6O3S/c1-12(2)16-15(22)14-11-20(18-17-14)10-8-13-7-5-6-9-21(13)25(23,24)19(3)4/h11-13H,5-10H2,1-4H3,(H,16,22)/t13-/m1/s1. The van der Waals surface area contributed by atoms with E-state index in [1.165, 1.54) is 4.31 Å². The van der Waals surface area contributed by atoms with Crippen molar-refractivity contribution in [3.8, 4) is 0 Å². The smallest absolute Gasteiger partial charge is 0.281 e. The van der Waals surface area contributed by atoms with Gasteiger partial charge in [0.1, 0.15) is 0 Å². The lowest BCUT2D eigenvalue weighted by Gasteiger charge is -2.36. The molecule has 2 heterocycles. The van der Waals surface area contributed by atoms with Gasteiger partial charge in [0.2, 0.25) is 0 Å². The predicted molar refractivity (Wildman–Crippen MR) is 94.2 cm³/mol. The second-order valence-electron chi connectivity index (χ2n) is 6.83. The van der Waals surface area contributed by atoms with E-state index in [4.69, 9.17) is 0 Å². The number of amides is 1. The van der Waals surface area contributed by atoms with Crippen LogP contribution in [0.3, 0.4) is 0 Å². The molecule has 1 aromatic rings. The van der Waals surface area contributed by atoms with Crippen LogP contribution in [0.4, 0.5) is 0 Å². The third-order valence-electron chi connectivity index (χ3n) is 4.21. The molecular weight excluding hydrogens is 344 g/mol. The molecule has 1 saturated heterocycles. The summed E-state index contributed by atoms with van der Waals surface area (Å²) in [6.07, 6.45) is 4.98. The minimum absolute atomic E-state index is 0.0321. The summed E-state index contributed by atoms with van der Waals surface area (Å²) in [6.45, 7) is 4.83. The van der Waals surface area contributed by atoms with E-state index in [0.29, 0.717) is 19.5 Å². The molecule has 0 unspecified atom stereocenters. The molecule has 2 rings (SSSR count). The summed E-state index contributed by atoms with van der Waals surface area (Å²) < 4.78 is 29.4. The largest absolute Gasteiger partial charge is 0.348 e. The monoisotopic (exact) mass is 372 g/mol. The van der Waals surface area contributed by atoms with Gasteiger partial charge in [0, 0.05) is 39.3 Å². The maximum atomic E-state index is 12.5. The van der Waals surface area contributed by atoms with Crippen molar-refractivity contribution in [3.05, 3.63) is 11.9 Å². The Labute approximate surface area is 149 Å². The average molecular weight is 372 g/mol. The second kappa shape index (κ2) is 8.24. The lowest BCUT2D eigenvalue weighted by molar-refractivity contribution is 0.0938. The van der Waals surface area contributed by atoms with Gasteiger partial charge in [-0.05, 0) is 33.1 Å². The van der Waals surface area contributed by atoms with Crippen molar-refractivity contribution >= 4 is 16.1 Å². The summed E-state index contributed by atoms with van der Waals surface area (Å²) in [6, 6.07) is -0.0250. The van der Waals surface area contributed by atoms with Crippen LogP contribution >= 0.6 is 0 Å². The zero-order valence-corrected chi connectivity index (χ0v) is 16.2. The fraction of sp³-hybridized carbons (Fsp3) is 0.800. The highest BCUT2D eigenvalue weighted by atomic mass is 32.2. The van der Waals surface area contributed by atoms with E-state index >= 15 is 0 Å². The summed E-state index contributed by atoms with van der Waals surface area (Å²) in [5.74, 6) is -0.254. The third-order valence-corrected chi connectivity index (χ3v) is 6.21. The summed E-state index contributed by atoms with van der Waals surface area (Å²) in [7, 11) is -0.311. The lowest BCUT2D eigenvalue weighted by Crippen LogP contribution is -2.48. The van der Waals surface area contributed by atoms with Gasteiger partial charge in [-0.2, -0.15) is 17.0 Å². The molecule has 0 radical (unpaired) electrons. The van der Waals surface area contributed by atoms with Gasteiger partial charge in [0.15, 0.2) is 5.69 Å². The number of nitrogens with zero attached hydrogens (tertiary/aromatic N) is 5. The highest BCUT2D eigenvalue weighted by Crippen LogP contribution is 2.24. The molecule has 1 N–H and O–H groups in total. The van der Waals surface area contributed by atoms with Crippen LogP contribution in [0.15, 0.2) is 6.20 Å². The number of hydrogen-bond acceptors (Lipinski definition) is 5. The van der Waals surface area contributed by atoms with Crippen molar-refractivity contribution in [2.75, 3.05) is 20.6 Å². The summed E-state index contributed by atoms with van der Waals surface area (Å²) in [4.78, 5) is 11.9. The number of piperidine rings is 1. The number of hydrogen-bond donors (Lipinski definition) is 1. The number of nitrogens with one attached hydrogen (secondary N) is 1. The molecule has 0 spiro atoms. The van der Waals surface area contributed by atoms with Crippen LogP contribution < -0.4 is 5.32 Å². The molecule has 0 saturated carbocycles. The second-order valence-corrected chi connectivity index (χ2v) is 8.93. The normalized spacial score (nSPS) is 19.5. The Kier molecular flexibility index (Phi) is 6.53. The first-order chi connectivity index (χ1) is 11.7. The van der Waals surface area contributed by atoms with Gasteiger partial charge >= 0.3 is 0 Å². The first-order valence-corrected chi connectivity index (χ1v) is 10.0. The van der Waals surface area contributed by atoms with Crippen molar-refractivity contribution in [1.82, 2.24) is 28.9 Å². The van der Waals surface area contributed by atoms with Crippen molar-refractivity contribution in [2.45, 2.75) is 58.2 Å². The molecule has 1 fully saturated rings. The SMILES string of the molecule is CC(C)NC(=O)c1cn(CC[C@H]2CCCCN2S(=O)(=O)N(C)C)nn1. The quantitative estimate of drug-likeness (QED) is 0.750. The molecule has 9 nitrogen and oxygen atoms in total. The van der Waals surface area contributed by atoms with Crippen molar-refractivity contribution < 1.29 is 13.2 Å². The molecule has 1 amide bonds. The van der Waals surface area contributed by atoms with Crippen LogP contribution in [-0.2, 0) is 16.8 Å². The minimum Gasteiger partial charge on any atom is -0.348 e. The minimum atomic E-state index is -3.42. The van der Waals surface area contributed by atoms with E-state index in [-0.39, 0.29) is 23.7 Å². The molecule has 0 aromatic carbocycles. The number of carbonyl (C=O) groups excluding carboxylic acids is 1. The Morgan fingerprint density at radius 3 is 2.76 bits per heavy atom. The van der Waals surface area contributed by atoms with Crippen LogP contribution in [-0.4, -0.2) is 70.7 Å².